The molecule has 0 aromatic heterocycles. The molecular weight excluding hydrogens is 170 g/mol. The van der Waals surface area contributed by atoms with Crippen molar-refractivity contribution >= 4 is 0 Å². The molecule has 1 N–H and O–H groups in total. The van der Waals surface area contributed by atoms with Crippen LogP contribution in [0.1, 0.15) is 53.9 Å². The zero-order valence-electron chi connectivity index (χ0n) is 10.6. The van der Waals surface area contributed by atoms with E-state index in [4.69, 9.17) is 0 Å². The summed E-state index contributed by atoms with van der Waals surface area (Å²) in [5, 5.41) is 3.46. The summed E-state index contributed by atoms with van der Waals surface area (Å²) in [6.07, 6.45) is 4.00. The van der Waals surface area contributed by atoms with Crippen LogP contribution in [-0.4, -0.2) is 13.1 Å². The molecule has 1 heteroatoms. The summed E-state index contributed by atoms with van der Waals surface area (Å²) in [6, 6.07) is 0. The van der Waals surface area contributed by atoms with Gasteiger partial charge in [-0.1, -0.05) is 41.0 Å². The lowest BCUT2D eigenvalue weighted by Crippen LogP contribution is -2.43. The van der Waals surface area contributed by atoms with E-state index in [0.717, 1.165) is 5.92 Å². The summed E-state index contributed by atoms with van der Waals surface area (Å²) >= 11 is 0. The smallest absolute Gasteiger partial charge is 0.00461 e. The lowest BCUT2D eigenvalue weighted by molar-refractivity contribution is 0.0195. The van der Waals surface area contributed by atoms with E-state index in [1.165, 1.54) is 32.4 Å². The fourth-order valence-electron chi connectivity index (χ4n) is 2.55. The predicted molar refractivity (Wildman–Crippen MR) is 63.4 cm³/mol. The molecule has 0 spiro atoms. The average Bonchev–Trinajstić information content (AvgIpc) is 2.19. The van der Waals surface area contributed by atoms with Crippen molar-refractivity contribution in [2.45, 2.75) is 53.9 Å². The highest BCUT2D eigenvalue weighted by Crippen LogP contribution is 2.49. The lowest BCUT2D eigenvalue weighted by atomic mass is 9.58. The Bertz CT molecular complexity index is 176. The fourth-order valence-corrected chi connectivity index (χ4v) is 2.55. The Morgan fingerprint density at radius 1 is 1.07 bits per heavy atom. The third kappa shape index (κ3) is 2.13. The van der Waals surface area contributed by atoms with Gasteiger partial charge >= 0.3 is 0 Å². The van der Waals surface area contributed by atoms with Crippen LogP contribution in [0, 0.1) is 16.7 Å². The minimum Gasteiger partial charge on any atom is -0.317 e. The largest absolute Gasteiger partial charge is 0.317 e. The minimum atomic E-state index is 0.467. The summed E-state index contributed by atoms with van der Waals surface area (Å²) in [7, 11) is 0. The van der Waals surface area contributed by atoms with Crippen LogP contribution in [0.5, 0.6) is 0 Å². The molecule has 0 aromatic rings. The molecule has 0 amide bonds. The zero-order chi connectivity index (χ0) is 10.8. The van der Waals surface area contributed by atoms with Gasteiger partial charge in [-0.25, -0.2) is 0 Å². The Kier molecular flexibility index (Phi) is 3.63. The molecule has 0 aliphatic carbocycles. The summed E-state index contributed by atoms with van der Waals surface area (Å²) in [5.74, 6) is 0.902. The Balaban J connectivity index is 2.71. The van der Waals surface area contributed by atoms with Gasteiger partial charge in [0.1, 0.15) is 0 Å². The van der Waals surface area contributed by atoms with E-state index in [-0.39, 0.29) is 0 Å². The predicted octanol–water partition coefficient (Wildman–Crippen LogP) is 3.45. The van der Waals surface area contributed by atoms with Crippen molar-refractivity contribution in [3.8, 4) is 0 Å². The Hall–Kier alpha value is -0.0400. The molecule has 14 heavy (non-hydrogen) atoms. The van der Waals surface area contributed by atoms with Gasteiger partial charge in [0.2, 0.25) is 0 Å². The molecule has 1 saturated heterocycles. The summed E-state index contributed by atoms with van der Waals surface area (Å²) in [4.78, 5) is 0. The molecule has 1 nitrogen and oxygen atoms in total. The second-order valence-electron chi connectivity index (χ2n) is 5.98. The van der Waals surface area contributed by atoms with Crippen LogP contribution in [0.3, 0.4) is 0 Å². The van der Waals surface area contributed by atoms with Gasteiger partial charge in [-0.3, -0.25) is 0 Å². The van der Waals surface area contributed by atoms with Crippen LogP contribution in [0.4, 0.5) is 0 Å². The first kappa shape index (κ1) is 12.0. The highest BCUT2D eigenvalue weighted by molar-refractivity contribution is 4.92. The maximum absolute atomic E-state index is 3.46. The second-order valence-corrected chi connectivity index (χ2v) is 5.98. The highest BCUT2D eigenvalue weighted by atomic mass is 14.9. The highest BCUT2D eigenvalue weighted by Gasteiger charge is 2.41. The monoisotopic (exact) mass is 197 g/mol. The van der Waals surface area contributed by atoms with E-state index < -0.39 is 0 Å². The quantitative estimate of drug-likeness (QED) is 0.730. The van der Waals surface area contributed by atoms with Crippen molar-refractivity contribution in [1.82, 2.24) is 5.32 Å². The van der Waals surface area contributed by atoms with Gasteiger partial charge in [0.25, 0.3) is 0 Å². The van der Waals surface area contributed by atoms with Gasteiger partial charge in [-0.2, -0.15) is 0 Å². The molecule has 84 valence electrons. The summed E-state index contributed by atoms with van der Waals surface area (Å²) in [5.41, 5.74) is 0.943. The van der Waals surface area contributed by atoms with Crippen LogP contribution < -0.4 is 5.32 Å². The molecule has 0 atom stereocenters. The van der Waals surface area contributed by atoms with E-state index >= 15 is 0 Å². The number of hydrogen-bond donors (Lipinski definition) is 1. The first-order valence-corrected chi connectivity index (χ1v) is 6.12. The Labute approximate surface area is 89.7 Å². The topological polar surface area (TPSA) is 12.0 Å². The first-order valence-electron chi connectivity index (χ1n) is 6.12. The van der Waals surface area contributed by atoms with E-state index in [1.807, 2.05) is 0 Å². The number of rotatable bonds is 3. The van der Waals surface area contributed by atoms with Crippen molar-refractivity contribution in [3.05, 3.63) is 0 Å². The molecule has 1 aliphatic rings. The van der Waals surface area contributed by atoms with Crippen LogP contribution in [0.15, 0.2) is 0 Å². The van der Waals surface area contributed by atoms with Crippen LogP contribution in [0.2, 0.25) is 0 Å². The normalized spacial score (nSPS) is 21.2. The molecule has 1 heterocycles. The number of piperidine rings is 1. The first-order chi connectivity index (χ1) is 6.42. The summed E-state index contributed by atoms with van der Waals surface area (Å²) < 4.78 is 0. The standard InChI is InChI=1S/C13H27N/c1-6-12(2,3)13(4,5)11-7-9-14-10-8-11/h11,14H,6-10H2,1-5H3. The van der Waals surface area contributed by atoms with Crippen molar-refractivity contribution in [2.75, 3.05) is 13.1 Å². The van der Waals surface area contributed by atoms with Crippen molar-refractivity contribution < 1.29 is 0 Å². The molecule has 0 bridgehead atoms. The van der Waals surface area contributed by atoms with E-state index in [1.54, 1.807) is 0 Å². The maximum Gasteiger partial charge on any atom is -0.00461 e. The molecular formula is C13H27N. The third-order valence-electron chi connectivity index (χ3n) is 4.99. The van der Waals surface area contributed by atoms with E-state index in [0.29, 0.717) is 10.8 Å². The number of hydrogen-bond acceptors (Lipinski definition) is 1. The molecule has 1 rings (SSSR count). The molecule has 0 saturated carbocycles. The van der Waals surface area contributed by atoms with Gasteiger partial charge in [0, 0.05) is 0 Å². The van der Waals surface area contributed by atoms with Crippen molar-refractivity contribution in [1.29, 1.82) is 0 Å². The molecule has 0 unspecified atom stereocenters. The molecule has 0 radical (unpaired) electrons. The average molecular weight is 197 g/mol. The molecule has 0 aromatic carbocycles. The minimum absolute atomic E-state index is 0.467. The van der Waals surface area contributed by atoms with Crippen LogP contribution in [0.25, 0.3) is 0 Å². The van der Waals surface area contributed by atoms with Gasteiger partial charge in [-0.05, 0) is 42.7 Å². The van der Waals surface area contributed by atoms with Crippen LogP contribution >= 0.6 is 0 Å². The third-order valence-corrected chi connectivity index (χ3v) is 4.99. The second kappa shape index (κ2) is 4.22. The Morgan fingerprint density at radius 3 is 2.00 bits per heavy atom. The number of nitrogens with one attached hydrogen (secondary N) is 1. The van der Waals surface area contributed by atoms with Crippen molar-refractivity contribution in [2.24, 2.45) is 16.7 Å². The van der Waals surface area contributed by atoms with E-state index in [2.05, 4.69) is 39.9 Å². The summed E-state index contributed by atoms with van der Waals surface area (Å²) in [6.45, 7) is 14.5. The van der Waals surface area contributed by atoms with Gasteiger partial charge < -0.3 is 5.32 Å². The van der Waals surface area contributed by atoms with Crippen LogP contribution in [-0.2, 0) is 0 Å². The molecule has 1 aliphatic heterocycles. The molecule has 1 fully saturated rings. The van der Waals surface area contributed by atoms with Gasteiger partial charge in [0.05, 0.1) is 0 Å². The maximum atomic E-state index is 3.46. The fraction of sp³-hybridized carbons (Fsp3) is 1.00. The van der Waals surface area contributed by atoms with Crippen molar-refractivity contribution in [3.63, 3.8) is 0 Å². The lowest BCUT2D eigenvalue weighted by Gasteiger charge is -2.48. The zero-order valence-corrected chi connectivity index (χ0v) is 10.6. The SMILES string of the molecule is CCC(C)(C)C(C)(C)C1CCNCC1. The van der Waals surface area contributed by atoms with E-state index in [9.17, 15) is 0 Å². The van der Waals surface area contributed by atoms with Gasteiger partial charge in [-0.15, -0.1) is 0 Å². The Morgan fingerprint density at radius 2 is 1.57 bits per heavy atom. The van der Waals surface area contributed by atoms with Gasteiger partial charge in [0.15, 0.2) is 0 Å².